The van der Waals surface area contributed by atoms with Crippen LogP contribution in [-0.4, -0.2) is 48.3 Å². The minimum atomic E-state index is 0.273. The minimum absolute atomic E-state index is 0.273. The van der Waals surface area contributed by atoms with Gasteiger partial charge in [0.2, 0.25) is 0 Å². The van der Waals surface area contributed by atoms with Crippen LogP contribution < -0.4 is 5.32 Å². The molecule has 0 aromatic carbocycles. The van der Waals surface area contributed by atoms with Gasteiger partial charge in [0.05, 0.1) is 6.61 Å². The summed E-state index contributed by atoms with van der Waals surface area (Å²) in [5, 5.41) is 13.1. The zero-order valence-corrected chi connectivity index (χ0v) is 14.1. The number of nitrogens with zero attached hydrogens (tertiary/aromatic N) is 1. The lowest BCUT2D eigenvalue weighted by atomic mass is 9.84. The maximum atomic E-state index is 9.37. The second-order valence-corrected chi connectivity index (χ2v) is 6.88. The summed E-state index contributed by atoms with van der Waals surface area (Å²) in [5.41, 5.74) is 0.328. The van der Waals surface area contributed by atoms with E-state index in [9.17, 15) is 5.11 Å². The summed E-state index contributed by atoms with van der Waals surface area (Å²) in [6.07, 6.45) is 7.56. The Labute approximate surface area is 126 Å². The van der Waals surface area contributed by atoms with Gasteiger partial charge >= 0.3 is 0 Å². The first-order valence-corrected chi connectivity index (χ1v) is 8.66. The van der Waals surface area contributed by atoms with E-state index >= 15 is 0 Å². The number of rotatable bonds is 12. The van der Waals surface area contributed by atoms with E-state index in [-0.39, 0.29) is 6.61 Å². The molecule has 0 heterocycles. The average molecular weight is 284 g/mol. The number of hydrogen-bond acceptors (Lipinski definition) is 3. The third-order valence-corrected chi connectivity index (χ3v) is 4.68. The van der Waals surface area contributed by atoms with Crippen molar-refractivity contribution in [3.05, 3.63) is 0 Å². The molecule has 0 aliphatic heterocycles. The van der Waals surface area contributed by atoms with Gasteiger partial charge in [-0.05, 0) is 37.5 Å². The molecule has 0 amide bonds. The number of hydrogen-bond donors (Lipinski definition) is 2. The van der Waals surface area contributed by atoms with Crippen molar-refractivity contribution in [2.75, 3.05) is 26.2 Å². The van der Waals surface area contributed by atoms with Gasteiger partial charge < -0.3 is 10.4 Å². The molecule has 0 saturated heterocycles. The fraction of sp³-hybridized carbons (Fsp3) is 1.00. The fourth-order valence-corrected chi connectivity index (χ4v) is 3.32. The van der Waals surface area contributed by atoms with Crippen LogP contribution in [0.15, 0.2) is 0 Å². The monoisotopic (exact) mass is 284 g/mol. The predicted octanol–water partition coefficient (Wildman–Crippen LogP) is 3.03. The Morgan fingerprint density at radius 2 is 1.90 bits per heavy atom. The molecule has 1 rings (SSSR count). The van der Waals surface area contributed by atoms with Crippen LogP contribution >= 0.6 is 0 Å². The molecule has 3 nitrogen and oxygen atoms in total. The van der Waals surface area contributed by atoms with E-state index in [2.05, 4.69) is 37.9 Å². The molecule has 2 N–H and O–H groups in total. The van der Waals surface area contributed by atoms with E-state index in [1.54, 1.807) is 0 Å². The van der Waals surface area contributed by atoms with Gasteiger partial charge in [-0.25, -0.2) is 0 Å². The molecule has 0 radical (unpaired) electrons. The summed E-state index contributed by atoms with van der Waals surface area (Å²) in [4.78, 5) is 2.52. The van der Waals surface area contributed by atoms with E-state index in [0.717, 1.165) is 25.7 Å². The molecule has 0 aromatic rings. The molecule has 20 heavy (non-hydrogen) atoms. The zero-order chi connectivity index (χ0) is 15.0. The van der Waals surface area contributed by atoms with Gasteiger partial charge in [-0.15, -0.1) is 0 Å². The Hall–Kier alpha value is -0.120. The van der Waals surface area contributed by atoms with Crippen molar-refractivity contribution in [3.8, 4) is 0 Å². The Balaban J connectivity index is 2.61. The Bertz CT molecular complexity index is 251. The molecular weight excluding hydrogens is 248 g/mol. The molecule has 1 aliphatic carbocycles. The molecule has 1 aliphatic rings. The molecule has 3 heteroatoms. The van der Waals surface area contributed by atoms with Gasteiger partial charge in [0.25, 0.3) is 0 Å². The topological polar surface area (TPSA) is 35.5 Å². The molecule has 1 saturated carbocycles. The van der Waals surface area contributed by atoms with Crippen molar-refractivity contribution in [2.45, 2.75) is 78.3 Å². The van der Waals surface area contributed by atoms with Crippen molar-refractivity contribution >= 4 is 0 Å². The van der Waals surface area contributed by atoms with E-state index in [1.807, 2.05) is 0 Å². The first kappa shape index (κ1) is 17.9. The van der Waals surface area contributed by atoms with Crippen LogP contribution in [0.2, 0.25) is 0 Å². The quantitative estimate of drug-likeness (QED) is 0.578. The normalized spacial score (nSPS) is 18.8. The summed E-state index contributed by atoms with van der Waals surface area (Å²) in [7, 11) is 0. The molecule has 0 bridgehead atoms. The largest absolute Gasteiger partial charge is 0.395 e. The standard InChI is InChI=1S/C17H36N2O/c1-5-10-17(4,13-18-15-8-9-15)14-19(11-12-20)16(6-2)7-3/h15-16,18,20H,5-14H2,1-4H3. The summed E-state index contributed by atoms with van der Waals surface area (Å²) in [5.74, 6) is 0. The average Bonchev–Trinajstić information content (AvgIpc) is 3.22. The molecule has 1 unspecified atom stereocenters. The third-order valence-electron chi connectivity index (χ3n) is 4.68. The van der Waals surface area contributed by atoms with E-state index in [1.165, 1.54) is 38.5 Å². The molecule has 0 aromatic heterocycles. The van der Waals surface area contributed by atoms with Gasteiger partial charge in [0, 0.05) is 31.7 Å². The Kier molecular flexibility index (Phi) is 8.08. The highest BCUT2D eigenvalue weighted by Crippen LogP contribution is 2.28. The minimum Gasteiger partial charge on any atom is -0.395 e. The lowest BCUT2D eigenvalue weighted by Gasteiger charge is -2.39. The Morgan fingerprint density at radius 3 is 2.35 bits per heavy atom. The second kappa shape index (κ2) is 9.01. The van der Waals surface area contributed by atoms with Gasteiger partial charge in [-0.1, -0.05) is 34.1 Å². The second-order valence-electron chi connectivity index (χ2n) is 6.88. The molecule has 0 spiro atoms. The van der Waals surface area contributed by atoms with Gasteiger partial charge in [-0.2, -0.15) is 0 Å². The van der Waals surface area contributed by atoms with Crippen LogP contribution in [0, 0.1) is 5.41 Å². The van der Waals surface area contributed by atoms with E-state index < -0.39 is 0 Å². The highest BCUT2D eigenvalue weighted by molar-refractivity contribution is 4.88. The van der Waals surface area contributed by atoms with Crippen LogP contribution in [0.1, 0.15) is 66.2 Å². The Morgan fingerprint density at radius 1 is 1.25 bits per heavy atom. The zero-order valence-electron chi connectivity index (χ0n) is 14.1. The summed E-state index contributed by atoms with van der Waals surface area (Å²) in [6.45, 7) is 12.5. The molecular formula is C17H36N2O. The first-order valence-electron chi connectivity index (χ1n) is 8.66. The number of aliphatic hydroxyl groups is 1. The third kappa shape index (κ3) is 6.11. The van der Waals surface area contributed by atoms with Crippen molar-refractivity contribution < 1.29 is 5.11 Å². The lowest BCUT2D eigenvalue weighted by molar-refractivity contribution is 0.0841. The van der Waals surface area contributed by atoms with Gasteiger partial charge in [0.15, 0.2) is 0 Å². The summed E-state index contributed by atoms with van der Waals surface area (Å²) >= 11 is 0. The molecule has 1 fully saturated rings. The van der Waals surface area contributed by atoms with Crippen LogP contribution in [0.4, 0.5) is 0 Å². The highest BCUT2D eigenvalue weighted by Gasteiger charge is 2.31. The number of nitrogens with one attached hydrogen (secondary N) is 1. The lowest BCUT2D eigenvalue weighted by Crippen LogP contribution is -2.47. The van der Waals surface area contributed by atoms with Crippen LogP contribution in [0.3, 0.4) is 0 Å². The maximum Gasteiger partial charge on any atom is 0.0558 e. The molecule has 120 valence electrons. The van der Waals surface area contributed by atoms with Crippen molar-refractivity contribution in [1.82, 2.24) is 10.2 Å². The van der Waals surface area contributed by atoms with E-state index in [0.29, 0.717) is 11.5 Å². The van der Waals surface area contributed by atoms with E-state index in [4.69, 9.17) is 0 Å². The fourth-order valence-electron chi connectivity index (χ4n) is 3.32. The van der Waals surface area contributed by atoms with Gasteiger partial charge in [0.1, 0.15) is 0 Å². The summed E-state index contributed by atoms with van der Waals surface area (Å²) in [6, 6.07) is 1.39. The number of aliphatic hydroxyl groups excluding tert-OH is 1. The SMILES string of the molecule is CCCC(C)(CNC1CC1)CN(CCO)C(CC)CC. The van der Waals surface area contributed by atoms with Crippen LogP contribution in [0.5, 0.6) is 0 Å². The van der Waals surface area contributed by atoms with Crippen molar-refractivity contribution in [2.24, 2.45) is 5.41 Å². The predicted molar refractivity (Wildman–Crippen MR) is 87.1 cm³/mol. The first-order chi connectivity index (χ1) is 9.58. The van der Waals surface area contributed by atoms with Gasteiger partial charge in [-0.3, -0.25) is 4.90 Å². The highest BCUT2D eigenvalue weighted by atomic mass is 16.3. The van der Waals surface area contributed by atoms with Crippen LogP contribution in [0.25, 0.3) is 0 Å². The molecule has 1 atom stereocenters. The summed E-state index contributed by atoms with van der Waals surface area (Å²) < 4.78 is 0. The van der Waals surface area contributed by atoms with Crippen molar-refractivity contribution in [3.63, 3.8) is 0 Å². The van der Waals surface area contributed by atoms with Crippen LogP contribution in [-0.2, 0) is 0 Å². The smallest absolute Gasteiger partial charge is 0.0558 e. The maximum absolute atomic E-state index is 9.37. The van der Waals surface area contributed by atoms with Crippen molar-refractivity contribution in [1.29, 1.82) is 0 Å².